The van der Waals surface area contributed by atoms with E-state index in [4.69, 9.17) is 4.74 Å². The summed E-state index contributed by atoms with van der Waals surface area (Å²) in [6, 6.07) is 5.01. The SMILES string of the molecule is CCOC(=O)C1=C(C[NH+](C)CC(=O)Nc2c(C)cccc2C)NC(=O)N[C@@H]1C. The minimum Gasteiger partial charge on any atom is -0.463 e. The van der Waals surface area contributed by atoms with Crippen molar-refractivity contribution < 1.29 is 24.0 Å². The Morgan fingerprint density at radius 1 is 1.25 bits per heavy atom. The van der Waals surface area contributed by atoms with E-state index in [0.29, 0.717) is 17.8 Å². The molecule has 3 amide bonds. The maximum atomic E-state index is 12.5. The van der Waals surface area contributed by atoms with Crippen LogP contribution in [0, 0.1) is 13.8 Å². The van der Waals surface area contributed by atoms with Gasteiger partial charge >= 0.3 is 12.0 Å². The van der Waals surface area contributed by atoms with Gasteiger partial charge in [-0.25, -0.2) is 9.59 Å². The normalized spacial score (nSPS) is 17.5. The van der Waals surface area contributed by atoms with Crippen LogP contribution in [-0.2, 0) is 14.3 Å². The largest absolute Gasteiger partial charge is 0.463 e. The van der Waals surface area contributed by atoms with Crippen LogP contribution in [-0.4, -0.2) is 50.7 Å². The Balaban J connectivity index is 2.09. The third-order valence-corrected chi connectivity index (χ3v) is 4.55. The molecule has 0 bridgehead atoms. The number of quaternary nitrogens is 1. The number of likely N-dealkylation sites (N-methyl/N-ethyl adjacent to an activating group) is 1. The number of ether oxygens (including phenoxy) is 1. The monoisotopic (exact) mass is 389 g/mol. The number of amides is 3. The quantitative estimate of drug-likeness (QED) is 0.503. The fraction of sp³-hybridized carbons (Fsp3) is 0.450. The van der Waals surface area contributed by atoms with Crippen LogP contribution in [0.2, 0.25) is 0 Å². The number of para-hydroxylation sites is 1. The van der Waals surface area contributed by atoms with E-state index in [1.165, 1.54) is 0 Å². The molecule has 8 heteroatoms. The average Bonchev–Trinajstić information content (AvgIpc) is 2.57. The van der Waals surface area contributed by atoms with Gasteiger partial charge in [-0.2, -0.15) is 0 Å². The fourth-order valence-corrected chi connectivity index (χ4v) is 3.25. The van der Waals surface area contributed by atoms with Crippen LogP contribution >= 0.6 is 0 Å². The highest BCUT2D eigenvalue weighted by Crippen LogP contribution is 2.19. The number of benzene rings is 1. The second-order valence-corrected chi connectivity index (χ2v) is 7.06. The van der Waals surface area contributed by atoms with Crippen molar-refractivity contribution in [1.82, 2.24) is 10.6 Å². The third kappa shape index (κ3) is 5.32. The lowest BCUT2D eigenvalue weighted by Crippen LogP contribution is -3.10. The topological polar surface area (TPSA) is 101 Å². The van der Waals surface area contributed by atoms with Gasteiger partial charge in [0.25, 0.3) is 5.91 Å². The number of carbonyl (C=O) groups is 3. The number of nitrogens with one attached hydrogen (secondary N) is 4. The predicted molar refractivity (Wildman–Crippen MR) is 106 cm³/mol. The standard InChI is InChI=1S/C20H28N4O4/c1-6-28-19(26)17-14(4)21-20(27)22-15(17)10-24(5)11-16(25)23-18-12(2)8-7-9-13(18)3/h7-9,14H,6,10-11H2,1-5H3,(H,23,25)(H2,21,22,27)/p+1/t14-/m1/s1. The highest BCUT2D eigenvalue weighted by Gasteiger charge is 2.31. The highest BCUT2D eigenvalue weighted by atomic mass is 16.5. The summed E-state index contributed by atoms with van der Waals surface area (Å²) in [7, 11) is 1.83. The molecule has 0 aromatic heterocycles. The van der Waals surface area contributed by atoms with Crippen molar-refractivity contribution in [3.05, 3.63) is 40.6 Å². The van der Waals surface area contributed by atoms with E-state index in [0.717, 1.165) is 21.7 Å². The van der Waals surface area contributed by atoms with Gasteiger partial charge in [0.2, 0.25) is 0 Å². The molecule has 28 heavy (non-hydrogen) atoms. The minimum absolute atomic E-state index is 0.138. The predicted octanol–water partition coefficient (Wildman–Crippen LogP) is 0.275. The summed E-state index contributed by atoms with van der Waals surface area (Å²) >= 11 is 0. The molecule has 0 saturated heterocycles. The van der Waals surface area contributed by atoms with Crippen LogP contribution < -0.4 is 20.9 Å². The van der Waals surface area contributed by atoms with Gasteiger partial charge in [0.05, 0.1) is 31.0 Å². The van der Waals surface area contributed by atoms with Crippen molar-refractivity contribution in [2.75, 3.05) is 32.1 Å². The highest BCUT2D eigenvalue weighted by molar-refractivity contribution is 5.95. The molecular weight excluding hydrogens is 360 g/mol. The Bertz CT molecular complexity index is 783. The minimum atomic E-state index is -0.467. The maximum Gasteiger partial charge on any atom is 0.338 e. The van der Waals surface area contributed by atoms with E-state index >= 15 is 0 Å². The van der Waals surface area contributed by atoms with Crippen molar-refractivity contribution in [1.29, 1.82) is 0 Å². The Morgan fingerprint density at radius 2 is 1.89 bits per heavy atom. The number of urea groups is 1. The Kier molecular flexibility index (Phi) is 7.17. The number of carbonyl (C=O) groups excluding carboxylic acids is 3. The summed E-state index contributed by atoms with van der Waals surface area (Å²) in [4.78, 5) is 37.4. The Hall–Kier alpha value is -2.87. The van der Waals surface area contributed by atoms with Gasteiger partial charge in [-0.1, -0.05) is 18.2 Å². The van der Waals surface area contributed by atoms with Gasteiger partial charge in [-0.3, -0.25) is 4.79 Å². The summed E-state index contributed by atoms with van der Waals surface area (Å²) < 4.78 is 5.11. The first-order valence-corrected chi connectivity index (χ1v) is 9.38. The Morgan fingerprint density at radius 3 is 2.50 bits per heavy atom. The molecule has 1 aromatic rings. The summed E-state index contributed by atoms with van der Waals surface area (Å²) in [6.07, 6.45) is 0. The van der Waals surface area contributed by atoms with Gasteiger partial charge in [0.15, 0.2) is 6.54 Å². The third-order valence-electron chi connectivity index (χ3n) is 4.55. The lowest BCUT2D eigenvalue weighted by atomic mass is 10.0. The van der Waals surface area contributed by atoms with E-state index in [9.17, 15) is 14.4 Å². The first-order chi connectivity index (χ1) is 13.2. The van der Waals surface area contributed by atoms with Gasteiger partial charge < -0.3 is 25.6 Å². The molecule has 1 heterocycles. The molecule has 152 valence electrons. The zero-order valence-corrected chi connectivity index (χ0v) is 17.1. The number of hydrogen-bond acceptors (Lipinski definition) is 4. The second-order valence-electron chi connectivity index (χ2n) is 7.06. The number of rotatable bonds is 7. The molecular formula is C20H29N4O4+. The van der Waals surface area contributed by atoms with Crippen LogP contribution in [0.1, 0.15) is 25.0 Å². The zero-order chi connectivity index (χ0) is 20.8. The van der Waals surface area contributed by atoms with Crippen molar-refractivity contribution in [3.8, 4) is 0 Å². The molecule has 1 aliphatic rings. The van der Waals surface area contributed by atoms with Crippen molar-refractivity contribution in [2.45, 2.75) is 33.7 Å². The van der Waals surface area contributed by atoms with E-state index in [2.05, 4.69) is 16.0 Å². The molecule has 2 atom stereocenters. The number of hydrogen-bond donors (Lipinski definition) is 4. The molecule has 4 N–H and O–H groups in total. The van der Waals surface area contributed by atoms with E-state index in [1.54, 1.807) is 13.8 Å². The first-order valence-electron chi connectivity index (χ1n) is 9.38. The molecule has 0 fully saturated rings. The Labute approximate surface area is 165 Å². The van der Waals surface area contributed by atoms with Crippen LogP contribution in [0.4, 0.5) is 10.5 Å². The van der Waals surface area contributed by atoms with E-state index in [1.807, 2.05) is 39.1 Å². The van der Waals surface area contributed by atoms with Crippen molar-refractivity contribution in [2.24, 2.45) is 0 Å². The molecule has 0 spiro atoms. The van der Waals surface area contributed by atoms with E-state index in [-0.39, 0.29) is 25.1 Å². The average molecular weight is 389 g/mol. The molecule has 2 rings (SSSR count). The van der Waals surface area contributed by atoms with Crippen molar-refractivity contribution in [3.63, 3.8) is 0 Å². The van der Waals surface area contributed by atoms with Crippen LogP contribution in [0.3, 0.4) is 0 Å². The van der Waals surface area contributed by atoms with E-state index < -0.39 is 12.0 Å². The number of aryl methyl sites for hydroxylation is 2. The molecule has 1 unspecified atom stereocenters. The molecule has 0 radical (unpaired) electrons. The van der Waals surface area contributed by atoms with Gasteiger partial charge in [-0.05, 0) is 38.8 Å². The van der Waals surface area contributed by atoms with Gasteiger partial charge in [0, 0.05) is 5.69 Å². The van der Waals surface area contributed by atoms with Crippen LogP contribution in [0.5, 0.6) is 0 Å². The fourth-order valence-electron chi connectivity index (χ4n) is 3.25. The molecule has 0 aliphatic carbocycles. The lowest BCUT2D eigenvalue weighted by Gasteiger charge is -2.27. The first kappa shape index (κ1) is 21.4. The molecule has 1 aliphatic heterocycles. The summed E-state index contributed by atoms with van der Waals surface area (Å²) in [6.45, 7) is 8.10. The van der Waals surface area contributed by atoms with Gasteiger partial charge in [0.1, 0.15) is 6.54 Å². The van der Waals surface area contributed by atoms with Crippen LogP contribution in [0.15, 0.2) is 29.5 Å². The molecule has 0 saturated carbocycles. The van der Waals surface area contributed by atoms with Crippen molar-refractivity contribution >= 4 is 23.6 Å². The molecule has 1 aromatic carbocycles. The second kappa shape index (κ2) is 9.36. The number of esters is 1. The lowest BCUT2D eigenvalue weighted by molar-refractivity contribution is -0.866. The molecule has 8 nitrogen and oxygen atoms in total. The summed E-state index contributed by atoms with van der Waals surface area (Å²) in [5.41, 5.74) is 3.68. The van der Waals surface area contributed by atoms with Gasteiger partial charge in [-0.15, -0.1) is 0 Å². The summed E-state index contributed by atoms with van der Waals surface area (Å²) in [5.74, 6) is -0.605. The smallest absolute Gasteiger partial charge is 0.338 e. The van der Waals surface area contributed by atoms with Crippen LogP contribution in [0.25, 0.3) is 0 Å². The summed E-state index contributed by atoms with van der Waals surface area (Å²) in [5, 5.41) is 8.30. The maximum absolute atomic E-state index is 12.5. The zero-order valence-electron chi connectivity index (χ0n) is 17.1. The number of anilines is 1.